The van der Waals surface area contributed by atoms with E-state index in [1.165, 1.54) is 96.3 Å². The summed E-state index contributed by atoms with van der Waals surface area (Å²) in [5.41, 5.74) is 0. The summed E-state index contributed by atoms with van der Waals surface area (Å²) in [5.74, 6) is 0. The van der Waals surface area contributed by atoms with Gasteiger partial charge in [-0.05, 0) is 6.42 Å². The Balaban J connectivity index is 3.18. The van der Waals surface area contributed by atoms with E-state index < -0.39 is 6.23 Å². The standard InChI is InChI=1S/C22H48NO3/c1-4-5-6-7-8-9-10-11-12-13-14-15-16-17-18-19-20-26-23(2,3)22(25)21-24/h22,24-25H,4-21H2,1-3H3/q+1. The van der Waals surface area contributed by atoms with Crippen LogP contribution in [0.1, 0.15) is 110 Å². The molecule has 0 aliphatic carbocycles. The van der Waals surface area contributed by atoms with Gasteiger partial charge in [0.1, 0.15) is 27.3 Å². The zero-order valence-electron chi connectivity index (χ0n) is 18.1. The lowest BCUT2D eigenvalue weighted by Crippen LogP contribution is -2.50. The molecule has 158 valence electrons. The molecule has 0 saturated heterocycles. The van der Waals surface area contributed by atoms with Gasteiger partial charge in [-0.2, -0.15) is 4.65 Å². The lowest BCUT2D eigenvalue weighted by Gasteiger charge is -2.30. The van der Waals surface area contributed by atoms with Crippen molar-refractivity contribution in [2.75, 3.05) is 27.3 Å². The van der Waals surface area contributed by atoms with Crippen molar-refractivity contribution >= 4 is 0 Å². The highest BCUT2D eigenvalue weighted by Gasteiger charge is 2.27. The molecule has 1 atom stereocenters. The van der Waals surface area contributed by atoms with Crippen LogP contribution >= 0.6 is 0 Å². The van der Waals surface area contributed by atoms with E-state index in [4.69, 9.17) is 9.94 Å². The van der Waals surface area contributed by atoms with Crippen LogP contribution in [0.4, 0.5) is 0 Å². The molecule has 0 aromatic rings. The van der Waals surface area contributed by atoms with Crippen LogP contribution in [0.15, 0.2) is 0 Å². The summed E-state index contributed by atoms with van der Waals surface area (Å²) in [5, 5.41) is 18.6. The number of quaternary nitrogens is 1. The molecule has 0 rings (SSSR count). The van der Waals surface area contributed by atoms with Crippen LogP contribution in [0.3, 0.4) is 0 Å². The Morgan fingerprint density at radius 2 is 1.00 bits per heavy atom. The SMILES string of the molecule is CCCCCCCCCCCCCCCCCCO[N+](C)(C)C(O)CO. The maximum atomic E-state index is 9.62. The molecule has 4 heteroatoms. The molecule has 1 unspecified atom stereocenters. The average Bonchev–Trinajstić information content (AvgIpc) is 2.63. The van der Waals surface area contributed by atoms with Crippen molar-refractivity contribution in [1.82, 2.24) is 0 Å². The van der Waals surface area contributed by atoms with Gasteiger partial charge < -0.3 is 10.2 Å². The second-order valence-electron chi connectivity index (χ2n) is 8.23. The van der Waals surface area contributed by atoms with Gasteiger partial charge >= 0.3 is 0 Å². The average molecular weight is 375 g/mol. The fraction of sp³-hybridized carbons (Fsp3) is 1.00. The van der Waals surface area contributed by atoms with Gasteiger partial charge in [0.25, 0.3) is 0 Å². The van der Waals surface area contributed by atoms with Crippen molar-refractivity contribution in [2.24, 2.45) is 0 Å². The first-order chi connectivity index (χ1) is 12.5. The van der Waals surface area contributed by atoms with E-state index in [0.717, 1.165) is 6.42 Å². The van der Waals surface area contributed by atoms with Crippen molar-refractivity contribution < 1.29 is 19.7 Å². The summed E-state index contributed by atoms with van der Waals surface area (Å²) < 4.78 is 0.00917. The number of aliphatic hydroxyl groups excluding tert-OH is 2. The number of unbranched alkanes of at least 4 members (excludes halogenated alkanes) is 15. The minimum absolute atomic E-state index is 0.00917. The van der Waals surface area contributed by atoms with Crippen molar-refractivity contribution in [3.63, 3.8) is 0 Å². The van der Waals surface area contributed by atoms with Gasteiger partial charge in [0.2, 0.25) is 6.23 Å². The Morgan fingerprint density at radius 3 is 1.35 bits per heavy atom. The number of likely N-dealkylation sites (N-methyl/N-ethyl adjacent to an activating group) is 1. The molecule has 0 aliphatic rings. The molecule has 0 fully saturated rings. The monoisotopic (exact) mass is 374 g/mol. The minimum Gasteiger partial charge on any atom is -0.387 e. The van der Waals surface area contributed by atoms with Crippen LogP contribution in [-0.4, -0.2) is 48.4 Å². The summed E-state index contributed by atoms with van der Waals surface area (Å²) in [6.45, 7) is 2.65. The Morgan fingerprint density at radius 1 is 0.654 bits per heavy atom. The summed E-state index contributed by atoms with van der Waals surface area (Å²) in [7, 11) is 3.54. The summed E-state index contributed by atoms with van der Waals surface area (Å²) >= 11 is 0. The first-order valence-electron chi connectivity index (χ1n) is 11.3. The van der Waals surface area contributed by atoms with E-state index in [1.807, 2.05) is 0 Å². The van der Waals surface area contributed by atoms with E-state index in [0.29, 0.717) is 6.61 Å². The van der Waals surface area contributed by atoms with Gasteiger partial charge in [0, 0.05) is 0 Å². The van der Waals surface area contributed by atoms with Gasteiger partial charge in [-0.3, -0.25) is 0 Å². The first-order valence-corrected chi connectivity index (χ1v) is 11.3. The van der Waals surface area contributed by atoms with E-state index in [2.05, 4.69) is 6.92 Å². The van der Waals surface area contributed by atoms with Crippen molar-refractivity contribution in [3.8, 4) is 0 Å². The predicted molar refractivity (Wildman–Crippen MR) is 111 cm³/mol. The quantitative estimate of drug-likeness (QED) is 0.127. The third kappa shape index (κ3) is 16.0. The number of aliphatic hydroxyl groups is 2. The Labute approximate surface area is 163 Å². The van der Waals surface area contributed by atoms with Crippen LogP contribution < -0.4 is 0 Å². The zero-order chi connectivity index (χ0) is 19.5. The lowest BCUT2D eigenvalue weighted by atomic mass is 10.0. The highest BCUT2D eigenvalue weighted by molar-refractivity contribution is 4.49. The molecule has 0 aromatic carbocycles. The van der Waals surface area contributed by atoms with Gasteiger partial charge in [0.15, 0.2) is 0 Å². The number of rotatable bonds is 20. The molecule has 0 aliphatic heterocycles. The maximum Gasteiger partial charge on any atom is 0.243 e. The van der Waals surface area contributed by atoms with E-state index >= 15 is 0 Å². The molecular weight excluding hydrogens is 326 g/mol. The number of nitrogens with zero attached hydrogens (tertiary/aromatic N) is 1. The van der Waals surface area contributed by atoms with E-state index in [-0.39, 0.29) is 11.3 Å². The summed E-state index contributed by atoms with van der Waals surface area (Å²) in [6.07, 6.45) is 20.9. The summed E-state index contributed by atoms with van der Waals surface area (Å²) in [6, 6.07) is 0. The smallest absolute Gasteiger partial charge is 0.243 e. The molecule has 0 spiro atoms. The topological polar surface area (TPSA) is 49.7 Å². The molecule has 2 N–H and O–H groups in total. The highest BCUT2D eigenvalue weighted by atomic mass is 16.7. The molecule has 0 radical (unpaired) electrons. The third-order valence-electron chi connectivity index (χ3n) is 5.30. The van der Waals surface area contributed by atoms with Crippen LogP contribution in [0.25, 0.3) is 0 Å². The molecule has 4 nitrogen and oxygen atoms in total. The second-order valence-corrected chi connectivity index (χ2v) is 8.23. The largest absolute Gasteiger partial charge is 0.387 e. The Bertz CT molecular complexity index is 285. The van der Waals surface area contributed by atoms with Gasteiger partial charge in [-0.1, -0.05) is 103 Å². The molecule has 0 bridgehead atoms. The van der Waals surface area contributed by atoms with Crippen LogP contribution in [-0.2, 0) is 4.84 Å². The maximum absolute atomic E-state index is 9.62. The fourth-order valence-electron chi connectivity index (χ4n) is 3.23. The zero-order valence-corrected chi connectivity index (χ0v) is 18.1. The van der Waals surface area contributed by atoms with Crippen molar-refractivity contribution in [1.29, 1.82) is 0 Å². The van der Waals surface area contributed by atoms with E-state index in [1.54, 1.807) is 14.1 Å². The van der Waals surface area contributed by atoms with Gasteiger partial charge in [-0.15, -0.1) is 0 Å². The molecule has 0 heterocycles. The molecule has 0 amide bonds. The lowest BCUT2D eigenvalue weighted by molar-refractivity contribution is -1.11. The molecule has 26 heavy (non-hydrogen) atoms. The number of hydrogen-bond acceptors (Lipinski definition) is 3. The van der Waals surface area contributed by atoms with Gasteiger partial charge in [0.05, 0.1) is 0 Å². The minimum atomic E-state index is -0.865. The normalized spacial score (nSPS) is 13.3. The van der Waals surface area contributed by atoms with Crippen LogP contribution in [0.2, 0.25) is 0 Å². The number of hydrogen-bond donors (Lipinski definition) is 2. The van der Waals surface area contributed by atoms with Crippen molar-refractivity contribution in [3.05, 3.63) is 0 Å². The Hall–Kier alpha value is -0.160. The molecule has 0 aromatic heterocycles. The summed E-state index contributed by atoms with van der Waals surface area (Å²) in [4.78, 5) is 5.63. The number of hydroxylamine groups is 3. The molecular formula is C22H48NO3+. The van der Waals surface area contributed by atoms with Gasteiger partial charge in [-0.25, -0.2) is 4.84 Å². The fourth-order valence-corrected chi connectivity index (χ4v) is 3.23. The van der Waals surface area contributed by atoms with Crippen LogP contribution in [0, 0.1) is 0 Å². The van der Waals surface area contributed by atoms with E-state index in [9.17, 15) is 5.11 Å². The highest BCUT2D eigenvalue weighted by Crippen LogP contribution is 2.14. The predicted octanol–water partition coefficient (Wildman–Crippen LogP) is 5.57. The third-order valence-corrected chi connectivity index (χ3v) is 5.30. The van der Waals surface area contributed by atoms with Crippen molar-refractivity contribution in [2.45, 2.75) is 116 Å². The van der Waals surface area contributed by atoms with Crippen LogP contribution in [0.5, 0.6) is 0 Å². The molecule has 0 saturated carbocycles. The second kappa shape index (κ2) is 18.2. The Kier molecular flexibility index (Phi) is 18.1. The first kappa shape index (κ1) is 25.8.